The van der Waals surface area contributed by atoms with Crippen LogP contribution in [0.1, 0.15) is 13.8 Å². The smallest absolute Gasteiger partial charge is 0.543 e. The number of carbonyl (C=O) groups excluding carboxylic acids is 3. The Morgan fingerprint density at radius 1 is 1.44 bits per heavy atom. The van der Waals surface area contributed by atoms with E-state index < -0.39 is 24.1 Å². The molecule has 3 heterocycles. The first-order chi connectivity index (χ1) is 11.2. The van der Waals surface area contributed by atoms with Gasteiger partial charge in [-0.25, -0.2) is 4.79 Å². The predicted molar refractivity (Wildman–Crippen MR) is 82.4 cm³/mol. The number of rotatable bonds is 4. The summed E-state index contributed by atoms with van der Waals surface area (Å²) in [5.41, 5.74) is -0.112. The van der Waals surface area contributed by atoms with Crippen LogP contribution in [0.15, 0.2) is 10.6 Å². The summed E-state index contributed by atoms with van der Waals surface area (Å²) in [6, 6.07) is -0.364. The monoisotopic (exact) mass is 378 g/mol. The van der Waals surface area contributed by atoms with E-state index >= 15 is 0 Å². The van der Waals surface area contributed by atoms with E-state index in [1.54, 1.807) is 7.05 Å². The Kier molecular flexibility index (Phi) is 6.15. The van der Waals surface area contributed by atoms with Crippen molar-refractivity contribution in [1.29, 1.82) is 0 Å². The molecule has 0 aromatic heterocycles. The molecule has 3 aliphatic heterocycles. The number of hydrogen-bond donors (Lipinski definition) is 1. The number of β-lactam (4-membered cyclic amide) rings is 1. The maximum atomic E-state index is 12.2. The van der Waals surface area contributed by atoms with Crippen molar-refractivity contribution >= 4 is 29.7 Å². The van der Waals surface area contributed by atoms with Gasteiger partial charge in [0.25, 0.3) is 0 Å². The Morgan fingerprint density at radius 3 is 2.60 bits per heavy atom. The van der Waals surface area contributed by atoms with E-state index in [4.69, 9.17) is 4.74 Å². The van der Waals surface area contributed by atoms with Gasteiger partial charge in [0.05, 0.1) is 35.0 Å². The minimum Gasteiger partial charge on any atom is -0.543 e. The van der Waals surface area contributed by atoms with Gasteiger partial charge in [-0.15, -0.1) is 11.8 Å². The largest absolute Gasteiger partial charge is 1.00 e. The molecule has 2 amide bonds. The molecule has 3 rings (SSSR count). The van der Waals surface area contributed by atoms with Gasteiger partial charge in [0, 0.05) is 24.4 Å². The zero-order valence-corrected chi connectivity index (χ0v) is 17.4. The van der Waals surface area contributed by atoms with Crippen LogP contribution >= 0.6 is 11.8 Å². The van der Waals surface area contributed by atoms with Crippen LogP contribution < -0.4 is 34.7 Å². The van der Waals surface area contributed by atoms with E-state index in [1.165, 1.54) is 28.5 Å². The molecule has 3 aliphatic rings. The quantitative estimate of drug-likeness (QED) is 0.392. The molecule has 0 aliphatic carbocycles. The summed E-state index contributed by atoms with van der Waals surface area (Å²) < 4.78 is 5.05. The van der Waals surface area contributed by atoms with Crippen LogP contribution in [0.2, 0.25) is 0 Å². The third kappa shape index (κ3) is 3.32. The van der Waals surface area contributed by atoms with Crippen molar-refractivity contribution in [3.8, 4) is 0 Å². The molecule has 0 saturated carbocycles. The molecule has 5 atom stereocenters. The van der Waals surface area contributed by atoms with Gasteiger partial charge in [0.15, 0.2) is 0 Å². The van der Waals surface area contributed by atoms with E-state index in [-0.39, 0.29) is 65.0 Å². The summed E-state index contributed by atoms with van der Waals surface area (Å²) in [5.74, 6) is -2.60. The molecule has 0 aromatic rings. The van der Waals surface area contributed by atoms with Crippen molar-refractivity contribution in [3.63, 3.8) is 0 Å². The number of thioether (sulfide) groups is 1. The summed E-state index contributed by atoms with van der Waals surface area (Å²) in [4.78, 5) is 38.4. The number of aliphatic hydroxyl groups is 1. The van der Waals surface area contributed by atoms with Gasteiger partial charge in [0.1, 0.15) is 6.61 Å². The fourth-order valence-electron chi connectivity index (χ4n) is 3.63. The van der Waals surface area contributed by atoms with E-state index in [1.807, 2.05) is 6.92 Å². The van der Waals surface area contributed by atoms with Crippen LogP contribution in [0, 0.1) is 11.8 Å². The van der Waals surface area contributed by atoms with Crippen LogP contribution in [0.4, 0.5) is 4.79 Å². The summed E-state index contributed by atoms with van der Waals surface area (Å²) in [5, 5.41) is 21.3. The molecule has 0 aromatic carbocycles. The fraction of sp³-hybridized carbons (Fsp3) is 0.667. The molecule has 2 fully saturated rings. The first-order valence-electron chi connectivity index (χ1n) is 7.75. The van der Waals surface area contributed by atoms with Gasteiger partial charge in [0.2, 0.25) is 5.91 Å². The molecule has 0 radical (unpaired) electrons. The third-order valence-corrected chi connectivity index (χ3v) is 6.21. The van der Waals surface area contributed by atoms with Crippen molar-refractivity contribution in [3.05, 3.63) is 10.6 Å². The molecule has 25 heavy (non-hydrogen) atoms. The number of amides is 2. The molecule has 0 spiro atoms. The minimum atomic E-state index is -1.40. The van der Waals surface area contributed by atoms with Crippen LogP contribution in [-0.2, 0) is 14.3 Å². The van der Waals surface area contributed by atoms with Crippen molar-refractivity contribution in [2.24, 2.45) is 11.8 Å². The molecule has 2 saturated heterocycles. The summed E-state index contributed by atoms with van der Waals surface area (Å²) >= 11 is 1.31. The molecule has 0 bridgehead atoms. The fourth-order valence-corrected chi connectivity index (χ4v) is 5.07. The number of carboxylic acid groups (broad SMARTS) is 1. The Labute approximate surface area is 171 Å². The van der Waals surface area contributed by atoms with Gasteiger partial charge in [-0.05, 0) is 6.92 Å². The third-order valence-electron chi connectivity index (χ3n) is 4.78. The predicted octanol–water partition coefficient (Wildman–Crippen LogP) is -4.01. The second-order valence-electron chi connectivity index (χ2n) is 6.45. The zero-order valence-electron chi connectivity index (χ0n) is 14.6. The van der Waals surface area contributed by atoms with Crippen molar-refractivity contribution in [2.45, 2.75) is 31.2 Å². The number of aliphatic hydroxyl groups excluding tert-OH is 1. The molecule has 1 N–H and O–H groups in total. The number of hydrogen-bond acceptors (Lipinski definition) is 7. The van der Waals surface area contributed by atoms with Gasteiger partial charge in [-0.2, -0.15) is 0 Å². The minimum absolute atomic E-state index is 0. The van der Waals surface area contributed by atoms with E-state index in [0.29, 0.717) is 11.4 Å². The first kappa shape index (κ1) is 20.6. The topological polar surface area (TPSA) is 110 Å². The number of carboxylic acids is 1. The van der Waals surface area contributed by atoms with E-state index in [9.17, 15) is 24.6 Å². The molecular formula is C15H19N2NaO6S. The number of carbonyl (C=O) groups is 3. The number of ether oxygens (including phenoxy) is 1. The molecule has 132 valence electrons. The summed E-state index contributed by atoms with van der Waals surface area (Å²) in [7, 11) is 1.61. The normalized spacial score (nSPS) is 32.6. The van der Waals surface area contributed by atoms with Crippen LogP contribution in [0.25, 0.3) is 0 Å². The average Bonchev–Trinajstić information content (AvgIpc) is 2.73. The summed E-state index contributed by atoms with van der Waals surface area (Å²) in [6.07, 6.45) is -1.25. The zero-order chi connectivity index (χ0) is 17.8. The van der Waals surface area contributed by atoms with Gasteiger partial charge < -0.3 is 29.5 Å². The maximum Gasteiger partial charge on any atom is 1.00 e. The number of aliphatic carboxylic acids is 1. The van der Waals surface area contributed by atoms with E-state index in [0.717, 1.165) is 0 Å². The van der Waals surface area contributed by atoms with E-state index in [2.05, 4.69) is 0 Å². The van der Waals surface area contributed by atoms with Gasteiger partial charge >= 0.3 is 35.7 Å². The Bertz CT molecular complexity index is 640. The Hall–Kier alpha value is -0.740. The van der Waals surface area contributed by atoms with Crippen molar-refractivity contribution in [1.82, 2.24) is 9.80 Å². The molecule has 8 nitrogen and oxygen atoms in total. The SMILES string of the molecule is C[C@@H](O)[C@H]1C(=O)N2C(C(=O)[O-])=C(SC3COC(=O)N(C)C3)[C@H](C)[C@H]12.[Na+]. The summed E-state index contributed by atoms with van der Waals surface area (Å²) in [6.45, 7) is 3.99. The second-order valence-corrected chi connectivity index (χ2v) is 7.79. The van der Waals surface area contributed by atoms with Crippen LogP contribution in [-0.4, -0.2) is 70.5 Å². The van der Waals surface area contributed by atoms with Crippen molar-refractivity contribution < 1.29 is 58.9 Å². The first-order valence-corrected chi connectivity index (χ1v) is 8.63. The maximum absolute atomic E-state index is 12.2. The number of cyclic esters (lactones) is 1. The Morgan fingerprint density at radius 2 is 2.08 bits per heavy atom. The van der Waals surface area contributed by atoms with Gasteiger partial charge in [-0.1, -0.05) is 6.92 Å². The standard InChI is InChI=1S/C15H20N2O6S.Na/c1-6-10-9(7(2)18)13(19)17(10)11(14(20)21)12(6)24-8-4-16(3)15(22)23-5-8;/h6-10,18H,4-5H2,1-3H3,(H,20,21);/q;+1/p-1/t6-,7-,8?,9-,10-;/m1./s1. The van der Waals surface area contributed by atoms with Crippen LogP contribution in [0.5, 0.6) is 0 Å². The Balaban J connectivity index is 0.00000225. The number of nitrogens with zero attached hydrogens (tertiary/aromatic N) is 2. The number of fused-ring (bicyclic) bond motifs is 1. The average molecular weight is 378 g/mol. The van der Waals surface area contributed by atoms with Crippen LogP contribution in [0.3, 0.4) is 0 Å². The molecule has 10 heteroatoms. The van der Waals surface area contributed by atoms with Gasteiger partial charge in [-0.3, -0.25) is 4.79 Å². The second kappa shape index (κ2) is 7.48. The van der Waals surface area contributed by atoms with Crippen molar-refractivity contribution in [2.75, 3.05) is 20.2 Å². The molecule has 1 unspecified atom stereocenters. The molecular weight excluding hydrogens is 359 g/mol.